The number of aldehydes is 1. The quantitative estimate of drug-likeness (QED) is 0.185. The van der Waals surface area contributed by atoms with Gasteiger partial charge in [-0.1, -0.05) is 34.5 Å². The van der Waals surface area contributed by atoms with Gasteiger partial charge in [-0.2, -0.15) is 0 Å². The molecule has 0 radical (unpaired) electrons. The van der Waals surface area contributed by atoms with Gasteiger partial charge in [0.2, 0.25) is 0 Å². The minimum atomic E-state index is -1.15. The van der Waals surface area contributed by atoms with Gasteiger partial charge in [0.05, 0.1) is 48.6 Å². The van der Waals surface area contributed by atoms with Gasteiger partial charge in [0, 0.05) is 66.3 Å². The molecular formula is C32H54N6O7Si. The summed E-state index contributed by atoms with van der Waals surface area (Å²) in [7, 11) is -1.15. The molecule has 0 unspecified atom stereocenters. The van der Waals surface area contributed by atoms with Gasteiger partial charge in [-0.25, -0.2) is 9.97 Å². The molecule has 4 aliphatic rings. The Morgan fingerprint density at radius 2 is 1.54 bits per heavy atom. The highest BCUT2D eigenvalue weighted by molar-refractivity contribution is 6.76. The van der Waals surface area contributed by atoms with Crippen LogP contribution in [0, 0.1) is 10.8 Å². The van der Waals surface area contributed by atoms with E-state index in [1.807, 2.05) is 9.80 Å². The lowest BCUT2D eigenvalue weighted by atomic mass is 9.78. The van der Waals surface area contributed by atoms with Crippen LogP contribution in [0.15, 0.2) is 22.0 Å². The van der Waals surface area contributed by atoms with Crippen molar-refractivity contribution in [1.29, 1.82) is 0 Å². The van der Waals surface area contributed by atoms with E-state index in [1.165, 1.54) is 0 Å². The third kappa shape index (κ3) is 8.91. The van der Waals surface area contributed by atoms with Crippen molar-refractivity contribution in [3.8, 4) is 0 Å². The predicted octanol–water partition coefficient (Wildman–Crippen LogP) is 2.33. The van der Waals surface area contributed by atoms with Crippen LogP contribution in [-0.4, -0.2) is 105 Å². The molecule has 0 aromatic carbocycles. The molecule has 4 fully saturated rings. The Labute approximate surface area is 273 Å². The average Bonchev–Trinajstić information content (AvgIpc) is 2.88. The summed E-state index contributed by atoms with van der Waals surface area (Å²) in [6, 6.07) is 1.08. The third-order valence-electron chi connectivity index (χ3n) is 8.50. The number of rotatable bonds is 13. The normalized spacial score (nSPS) is 18.5. The number of aliphatic hydroxyl groups is 1. The van der Waals surface area contributed by atoms with Crippen LogP contribution in [-0.2, 0) is 38.6 Å². The van der Waals surface area contributed by atoms with Crippen molar-refractivity contribution < 1.29 is 24.1 Å². The molecule has 2 aromatic rings. The van der Waals surface area contributed by atoms with E-state index in [2.05, 4.69) is 34.6 Å². The van der Waals surface area contributed by atoms with E-state index in [4.69, 9.17) is 19.3 Å². The van der Waals surface area contributed by atoms with Crippen LogP contribution in [0.5, 0.6) is 0 Å². The van der Waals surface area contributed by atoms with E-state index >= 15 is 0 Å². The van der Waals surface area contributed by atoms with Gasteiger partial charge in [0.15, 0.2) is 11.6 Å². The first-order valence-electron chi connectivity index (χ1n) is 15.5. The summed E-state index contributed by atoms with van der Waals surface area (Å²) in [5, 5.41) is 9.10. The number of carbonyl (C=O) groups excluding carboxylic acids is 1. The van der Waals surface area contributed by atoms with Crippen molar-refractivity contribution >= 4 is 26.0 Å². The Bertz CT molecular complexity index is 1400. The van der Waals surface area contributed by atoms with E-state index in [1.54, 1.807) is 17.0 Å². The van der Waals surface area contributed by atoms with Gasteiger partial charge in [0.1, 0.15) is 13.0 Å². The molecule has 0 saturated carbocycles. The van der Waals surface area contributed by atoms with Crippen LogP contribution >= 0.6 is 0 Å². The van der Waals surface area contributed by atoms with Crippen molar-refractivity contribution in [3.05, 3.63) is 44.5 Å². The molecule has 6 rings (SSSR count). The van der Waals surface area contributed by atoms with Crippen LogP contribution in [0.25, 0.3) is 0 Å². The molecular weight excluding hydrogens is 608 g/mol. The maximum Gasteiger partial charge on any atom is 0.295 e. The second kappa shape index (κ2) is 15.8. The van der Waals surface area contributed by atoms with E-state index in [-0.39, 0.29) is 50.1 Å². The van der Waals surface area contributed by atoms with Crippen molar-refractivity contribution in [3.63, 3.8) is 0 Å². The summed E-state index contributed by atoms with van der Waals surface area (Å²) in [5.74, 6) is 0.975. The standard InChI is InChI=1S/C18H31N3O4Si.C12H15N3O3.2CH4/c1-26(2,3)8-7-24-14-20-9-15(5-4-6-22)19-16(17(20)23)21-10-18(11-21)12-25-13-18;16-3-1-2-9-4-13-11(17)10(14-9)15-5-12(6-15)7-18-8-12;;/h9,22H,4-8,10-14H2,1-3H3;3-4H,1-2,5-8H2,(H,13,17);2*1H4. The summed E-state index contributed by atoms with van der Waals surface area (Å²) in [6.07, 6.45) is 6.50. The molecule has 258 valence electrons. The van der Waals surface area contributed by atoms with E-state index in [0.717, 1.165) is 76.3 Å². The second-order valence-corrected chi connectivity index (χ2v) is 19.6. The lowest BCUT2D eigenvalue weighted by Gasteiger charge is -2.55. The molecule has 2 aromatic heterocycles. The van der Waals surface area contributed by atoms with Gasteiger partial charge < -0.3 is 38.9 Å². The highest BCUT2D eigenvalue weighted by atomic mass is 28.3. The van der Waals surface area contributed by atoms with Gasteiger partial charge in [-0.05, 0) is 25.3 Å². The summed E-state index contributed by atoms with van der Waals surface area (Å²) in [5.41, 5.74) is 1.80. The Kier molecular flexibility index (Phi) is 12.9. The molecule has 0 atom stereocenters. The largest absolute Gasteiger partial charge is 0.396 e. The number of aliphatic hydroxyl groups excluding tert-OH is 1. The molecule has 46 heavy (non-hydrogen) atoms. The first kappa shape index (κ1) is 37.5. The number of ether oxygens (including phenoxy) is 3. The van der Waals surface area contributed by atoms with E-state index in [9.17, 15) is 14.4 Å². The molecule has 2 spiro atoms. The van der Waals surface area contributed by atoms with Gasteiger partial charge >= 0.3 is 0 Å². The average molecular weight is 663 g/mol. The van der Waals surface area contributed by atoms with Crippen molar-refractivity contribution in [2.24, 2.45) is 10.8 Å². The molecule has 0 bridgehead atoms. The molecule has 4 saturated heterocycles. The van der Waals surface area contributed by atoms with Crippen LogP contribution in [0.2, 0.25) is 25.7 Å². The minimum Gasteiger partial charge on any atom is -0.396 e. The van der Waals surface area contributed by atoms with Crippen LogP contribution < -0.4 is 20.9 Å². The minimum absolute atomic E-state index is 0. The molecule has 4 aliphatic heterocycles. The Morgan fingerprint density at radius 1 is 0.957 bits per heavy atom. The van der Waals surface area contributed by atoms with Crippen molar-refractivity contribution in [2.75, 3.05) is 75.6 Å². The fraction of sp³-hybridized carbons (Fsp3) is 0.719. The van der Waals surface area contributed by atoms with Gasteiger partial charge in [0.25, 0.3) is 11.1 Å². The maximum atomic E-state index is 12.8. The highest BCUT2D eigenvalue weighted by Crippen LogP contribution is 2.39. The zero-order valence-electron chi connectivity index (χ0n) is 26.2. The maximum absolute atomic E-state index is 12.8. The van der Waals surface area contributed by atoms with Crippen molar-refractivity contribution in [1.82, 2.24) is 19.5 Å². The number of aromatic nitrogens is 4. The summed E-state index contributed by atoms with van der Waals surface area (Å²) >= 11 is 0. The highest BCUT2D eigenvalue weighted by Gasteiger charge is 2.51. The smallest absolute Gasteiger partial charge is 0.295 e. The van der Waals surface area contributed by atoms with Crippen molar-refractivity contribution in [2.45, 2.75) is 73.0 Å². The molecule has 14 heteroatoms. The number of nitrogens with zero attached hydrogens (tertiary/aromatic N) is 5. The Hall–Kier alpha value is -2.91. The monoisotopic (exact) mass is 662 g/mol. The summed E-state index contributed by atoms with van der Waals surface area (Å²) in [6.45, 7) is 14.4. The Balaban J connectivity index is 0.000000254. The number of H-pyrrole nitrogens is 1. The summed E-state index contributed by atoms with van der Waals surface area (Å²) in [4.78, 5) is 50.5. The first-order valence-corrected chi connectivity index (χ1v) is 19.2. The first-order chi connectivity index (χ1) is 21.0. The van der Waals surface area contributed by atoms with Crippen LogP contribution in [0.1, 0.15) is 39.1 Å². The van der Waals surface area contributed by atoms with Gasteiger partial charge in [-0.3, -0.25) is 14.2 Å². The molecule has 6 heterocycles. The number of hydrogen-bond donors (Lipinski definition) is 2. The topological polar surface area (TPSA) is 152 Å². The molecule has 0 amide bonds. The fourth-order valence-electron chi connectivity index (χ4n) is 5.76. The number of carbonyl (C=O) groups is 1. The fourth-order valence-corrected chi connectivity index (χ4v) is 6.51. The van der Waals surface area contributed by atoms with E-state index < -0.39 is 8.07 Å². The number of hydrogen-bond acceptors (Lipinski definition) is 11. The number of nitrogens with one attached hydrogen (secondary N) is 1. The lowest BCUT2D eigenvalue weighted by molar-refractivity contribution is -0.127. The second-order valence-electron chi connectivity index (χ2n) is 14.0. The Morgan fingerprint density at radius 3 is 2.07 bits per heavy atom. The summed E-state index contributed by atoms with van der Waals surface area (Å²) < 4.78 is 17.9. The molecule has 13 nitrogen and oxygen atoms in total. The van der Waals surface area contributed by atoms with Crippen LogP contribution in [0.4, 0.5) is 11.6 Å². The number of aromatic amines is 1. The zero-order valence-corrected chi connectivity index (χ0v) is 27.2. The zero-order chi connectivity index (χ0) is 31.4. The number of anilines is 2. The van der Waals surface area contributed by atoms with Gasteiger partial charge in [-0.15, -0.1) is 0 Å². The predicted molar refractivity (Wildman–Crippen MR) is 182 cm³/mol. The molecule has 2 N–H and O–H groups in total. The third-order valence-corrected chi connectivity index (χ3v) is 10.2. The molecule has 0 aliphatic carbocycles. The van der Waals surface area contributed by atoms with E-state index in [0.29, 0.717) is 43.9 Å². The van der Waals surface area contributed by atoms with Crippen LogP contribution in [0.3, 0.4) is 0 Å². The SMILES string of the molecule is C.C.C[Si](C)(C)CCOCn1cc(CCCO)nc(N2CC3(COC3)C2)c1=O.O=CCCc1c[nH]c(=O)c(N2CC3(COC3)C2)n1. The lowest BCUT2D eigenvalue weighted by Crippen LogP contribution is -2.67. The number of aryl methyl sites for hydroxylation is 2.